The van der Waals surface area contributed by atoms with E-state index < -0.39 is 5.82 Å². The molecule has 3 N–H and O–H groups in total. The molecule has 20 heavy (non-hydrogen) atoms. The molecule has 0 bridgehead atoms. The van der Waals surface area contributed by atoms with Gasteiger partial charge in [-0.25, -0.2) is 9.37 Å². The van der Waals surface area contributed by atoms with Gasteiger partial charge in [-0.3, -0.25) is 0 Å². The van der Waals surface area contributed by atoms with Gasteiger partial charge in [0.2, 0.25) is 5.88 Å². The summed E-state index contributed by atoms with van der Waals surface area (Å²) in [4.78, 5) is 7.91. The molecule has 0 aliphatic rings. The number of para-hydroxylation sites is 1. The molecular weight excluding hydrogens is 283 g/mol. The second-order valence-corrected chi connectivity index (χ2v) is 4.42. The van der Waals surface area contributed by atoms with E-state index in [4.69, 9.17) is 22.1 Å². The molecule has 0 saturated carbocycles. The Balaban J connectivity index is 2.30. The third kappa shape index (κ3) is 3.08. The van der Waals surface area contributed by atoms with Gasteiger partial charge in [0, 0.05) is 0 Å². The van der Waals surface area contributed by atoms with E-state index in [1.807, 2.05) is 6.92 Å². The maximum absolute atomic E-state index is 13.7. The van der Waals surface area contributed by atoms with Crippen molar-refractivity contribution in [3.8, 4) is 5.88 Å². The molecule has 1 aromatic heterocycles. The molecular formula is C13H14ClFN4O. The van der Waals surface area contributed by atoms with Crippen LogP contribution in [-0.2, 0) is 0 Å². The number of rotatable bonds is 5. The number of aromatic nitrogens is 2. The highest BCUT2D eigenvalue weighted by Crippen LogP contribution is 2.32. The van der Waals surface area contributed by atoms with Crippen LogP contribution in [0.1, 0.15) is 13.3 Å². The van der Waals surface area contributed by atoms with Crippen LogP contribution in [0.4, 0.5) is 21.6 Å². The molecule has 0 radical (unpaired) electrons. The molecule has 1 aromatic carbocycles. The Morgan fingerprint density at radius 3 is 2.90 bits per heavy atom. The molecule has 0 amide bonds. The van der Waals surface area contributed by atoms with Gasteiger partial charge in [0.05, 0.1) is 17.3 Å². The molecule has 2 rings (SSSR count). The van der Waals surface area contributed by atoms with Crippen molar-refractivity contribution < 1.29 is 9.13 Å². The SMILES string of the molecule is CCCOc1ncnc(Nc2c(F)cccc2Cl)c1N. The van der Waals surface area contributed by atoms with Crippen LogP contribution in [0, 0.1) is 5.82 Å². The maximum atomic E-state index is 13.7. The minimum absolute atomic E-state index is 0.112. The van der Waals surface area contributed by atoms with Gasteiger partial charge in [-0.2, -0.15) is 4.98 Å². The number of anilines is 3. The Morgan fingerprint density at radius 1 is 1.40 bits per heavy atom. The van der Waals surface area contributed by atoms with Crippen molar-refractivity contribution in [1.82, 2.24) is 9.97 Å². The fourth-order valence-electron chi connectivity index (χ4n) is 1.53. The summed E-state index contributed by atoms with van der Waals surface area (Å²) in [7, 11) is 0. The first-order chi connectivity index (χ1) is 9.63. The van der Waals surface area contributed by atoms with Gasteiger partial charge in [0.1, 0.15) is 17.8 Å². The third-order valence-electron chi connectivity index (χ3n) is 2.50. The van der Waals surface area contributed by atoms with Gasteiger partial charge in [-0.05, 0) is 18.6 Å². The fourth-order valence-corrected chi connectivity index (χ4v) is 1.74. The van der Waals surface area contributed by atoms with E-state index in [1.54, 1.807) is 6.07 Å². The predicted molar refractivity (Wildman–Crippen MR) is 76.9 cm³/mol. The van der Waals surface area contributed by atoms with Crippen LogP contribution in [0.3, 0.4) is 0 Å². The van der Waals surface area contributed by atoms with Crippen molar-refractivity contribution in [2.24, 2.45) is 0 Å². The van der Waals surface area contributed by atoms with Crippen molar-refractivity contribution in [1.29, 1.82) is 0 Å². The van der Waals surface area contributed by atoms with Crippen molar-refractivity contribution in [2.75, 3.05) is 17.7 Å². The lowest BCUT2D eigenvalue weighted by molar-refractivity contribution is 0.307. The van der Waals surface area contributed by atoms with Crippen molar-refractivity contribution in [3.63, 3.8) is 0 Å². The number of nitrogens with two attached hydrogens (primary N) is 1. The van der Waals surface area contributed by atoms with E-state index in [0.29, 0.717) is 6.61 Å². The zero-order valence-electron chi connectivity index (χ0n) is 10.9. The summed E-state index contributed by atoms with van der Waals surface area (Å²) in [5, 5.41) is 3.00. The minimum atomic E-state index is -0.494. The Kier molecular flexibility index (Phi) is 4.57. The molecule has 1 heterocycles. The zero-order chi connectivity index (χ0) is 14.5. The number of nitrogen functional groups attached to an aromatic ring is 1. The summed E-state index contributed by atoms with van der Waals surface area (Å²) < 4.78 is 19.1. The van der Waals surface area contributed by atoms with Crippen molar-refractivity contribution in [3.05, 3.63) is 35.4 Å². The summed E-state index contributed by atoms with van der Waals surface area (Å²) in [5.74, 6) is 0.0152. The predicted octanol–water partition coefficient (Wildman–Crippen LogP) is 3.38. The Bertz CT molecular complexity index is 589. The number of benzene rings is 1. The normalized spacial score (nSPS) is 10.3. The molecule has 0 fully saturated rings. The van der Waals surface area contributed by atoms with Crippen LogP contribution < -0.4 is 15.8 Å². The molecule has 5 nitrogen and oxygen atoms in total. The quantitative estimate of drug-likeness (QED) is 0.885. The first-order valence-corrected chi connectivity index (χ1v) is 6.45. The number of ether oxygens (including phenoxy) is 1. The lowest BCUT2D eigenvalue weighted by atomic mass is 10.3. The van der Waals surface area contributed by atoms with Crippen LogP contribution in [0.5, 0.6) is 5.88 Å². The lowest BCUT2D eigenvalue weighted by Gasteiger charge is -2.12. The molecule has 2 aromatic rings. The van der Waals surface area contributed by atoms with Gasteiger partial charge in [0.25, 0.3) is 0 Å². The Labute approximate surface area is 120 Å². The smallest absolute Gasteiger partial charge is 0.242 e. The topological polar surface area (TPSA) is 73.1 Å². The highest BCUT2D eigenvalue weighted by molar-refractivity contribution is 6.33. The highest BCUT2D eigenvalue weighted by Gasteiger charge is 2.13. The summed E-state index contributed by atoms with van der Waals surface area (Å²) in [6.45, 7) is 2.46. The standard InChI is InChI=1S/C13H14ClFN4O/c1-2-6-20-13-10(16)12(17-7-18-13)19-11-8(14)4-3-5-9(11)15/h3-5,7H,2,6,16H2,1H3,(H,17,18,19). The van der Waals surface area contributed by atoms with Gasteiger partial charge in [-0.15, -0.1) is 0 Å². The van der Waals surface area contributed by atoms with Crippen LogP contribution in [-0.4, -0.2) is 16.6 Å². The van der Waals surface area contributed by atoms with Gasteiger partial charge < -0.3 is 15.8 Å². The van der Waals surface area contributed by atoms with Crippen LogP contribution in [0.15, 0.2) is 24.5 Å². The second kappa shape index (κ2) is 6.38. The minimum Gasteiger partial charge on any atom is -0.476 e. The van der Waals surface area contributed by atoms with Gasteiger partial charge in [0.15, 0.2) is 5.82 Å². The average Bonchev–Trinajstić information content (AvgIpc) is 2.43. The van der Waals surface area contributed by atoms with E-state index in [-0.39, 0.29) is 28.1 Å². The first kappa shape index (κ1) is 14.3. The largest absolute Gasteiger partial charge is 0.476 e. The summed E-state index contributed by atoms with van der Waals surface area (Å²) in [5.41, 5.74) is 6.21. The van der Waals surface area contributed by atoms with Crippen LogP contribution in [0.25, 0.3) is 0 Å². The van der Waals surface area contributed by atoms with Crippen molar-refractivity contribution in [2.45, 2.75) is 13.3 Å². The number of halogens is 2. The molecule has 106 valence electrons. The lowest BCUT2D eigenvalue weighted by Crippen LogP contribution is -2.06. The fraction of sp³-hybridized carbons (Fsp3) is 0.231. The number of nitrogens with zero attached hydrogens (tertiary/aromatic N) is 2. The first-order valence-electron chi connectivity index (χ1n) is 6.07. The second-order valence-electron chi connectivity index (χ2n) is 4.01. The van der Waals surface area contributed by atoms with Gasteiger partial charge >= 0.3 is 0 Å². The van der Waals surface area contributed by atoms with Crippen LogP contribution >= 0.6 is 11.6 Å². The summed E-state index contributed by atoms with van der Waals surface area (Å²) in [6, 6.07) is 4.38. The third-order valence-corrected chi connectivity index (χ3v) is 2.81. The Morgan fingerprint density at radius 2 is 2.20 bits per heavy atom. The monoisotopic (exact) mass is 296 g/mol. The molecule has 0 aliphatic heterocycles. The number of nitrogens with one attached hydrogen (secondary N) is 1. The van der Waals surface area contributed by atoms with Crippen molar-refractivity contribution >= 4 is 28.8 Å². The highest BCUT2D eigenvalue weighted by atomic mass is 35.5. The number of hydrogen-bond donors (Lipinski definition) is 2. The molecule has 0 aliphatic carbocycles. The van der Waals surface area contributed by atoms with E-state index in [1.165, 1.54) is 18.5 Å². The van der Waals surface area contributed by atoms with Crippen LogP contribution in [0.2, 0.25) is 5.02 Å². The molecule has 0 atom stereocenters. The zero-order valence-corrected chi connectivity index (χ0v) is 11.6. The molecule has 0 spiro atoms. The molecule has 0 unspecified atom stereocenters. The van der Waals surface area contributed by atoms with Gasteiger partial charge in [-0.1, -0.05) is 24.6 Å². The van der Waals surface area contributed by atoms with E-state index in [2.05, 4.69) is 15.3 Å². The van der Waals surface area contributed by atoms with E-state index in [9.17, 15) is 4.39 Å². The molecule has 7 heteroatoms. The van der Waals surface area contributed by atoms with E-state index in [0.717, 1.165) is 6.42 Å². The molecule has 0 saturated heterocycles. The average molecular weight is 297 g/mol. The number of hydrogen-bond acceptors (Lipinski definition) is 5. The summed E-state index contributed by atoms with van der Waals surface area (Å²) >= 11 is 5.94. The Hall–Kier alpha value is -2.08. The maximum Gasteiger partial charge on any atom is 0.242 e. The van der Waals surface area contributed by atoms with E-state index >= 15 is 0 Å². The summed E-state index contributed by atoms with van der Waals surface area (Å²) in [6.07, 6.45) is 2.11.